The van der Waals surface area contributed by atoms with Crippen LogP contribution in [0.15, 0.2) is 24.3 Å². The summed E-state index contributed by atoms with van der Waals surface area (Å²) in [5, 5.41) is 2.61. The second-order valence-electron chi connectivity index (χ2n) is 3.52. The molecule has 15 heavy (non-hydrogen) atoms. The Kier molecular flexibility index (Phi) is 4.54. The Morgan fingerprint density at radius 2 is 2.13 bits per heavy atom. The number of hydrogen-bond acceptors (Lipinski definition) is 2. The van der Waals surface area contributed by atoms with Crippen molar-refractivity contribution in [1.82, 2.24) is 5.32 Å². The molecule has 1 aromatic carbocycles. The lowest BCUT2D eigenvalue weighted by atomic mass is 10.0. The van der Waals surface area contributed by atoms with Crippen molar-refractivity contribution < 1.29 is 9.59 Å². The van der Waals surface area contributed by atoms with E-state index < -0.39 is 0 Å². The van der Waals surface area contributed by atoms with Crippen LogP contribution in [-0.2, 0) is 22.4 Å². The molecule has 0 aliphatic heterocycles. The van der Waals surface area contributed by atoms with Gasteiger partial charge in [0, 0.05) is 13.0 Å². The maximum Gasteiger partial charge on any atom is 0.207 e. The lowest BCUT2D eigenvalue weighted by molar-refractivity contribution is -0.116. The van der Waals surface area contributed by atoms with Crippen LogP contribution in [0.3, 0.4) is 0 Å². The lowest BCUT2D eigenvalue weighted by Gasteiger charge is -2.03. The number of carbonyl (C=O) groups excluding carboxylic acids is 2. The molecule has 3 heteroatoms. The molecule has 0 radical (unpaired) electrons. The average molecular weight is 205 g/mol. The molecule has 0 unspecified atom stereocenters. The third kappa shape index (κ3) is 4.40. The van der Waals surface area contributed by atoms with E-state index in [-0.39, 0.29) is 5.78 Å². The topological polar surface area (TPSA) is 46.2 Å². The Morgan fingerprint density at radius 1 is 1.40 bits per heavy atom. The van der Waals surface area contributed by atoms with E-state index in [0.717, 1.165) is 17.5 Å². The SMILES string of the molecule is CC(=O)Cc1cccc(CCNC=O)c1. The van der Waals surface area contributed by atoms with Crippen molar-refractivity contribution in [3.8, 4) is 0 Å². The molecule has 1 aromatic rings. The molecule has 0 aliphatic carbocycles. The second kappa shape index (κ2) is 5.96. The molecule has 0 saturated heterocycles. The van der Waals surface area contributed by atoms with E-state index in [4.69, 9.17) is 0 Å². The van der Waals surface area contributed by atoms with Crippen LogP contribution in [0.4, 0.5) is 0 Å². The van der Waals surface area contributed by atoms with Crippen molar-refractivity contribution in [3.63, 3.8) is 0 Å². The quantitative estimate of drug-likeness (QED) is 0.558. The Morgan fingerprint density at radius 3 is 2.80 bits per heavy atom. The molecule has 0 heterocycles. The molecule has 0 atom stereocenters. The van der Waals surface area contributed by atoms with Gasteiger partial charge < -0.3 is 5.32 Å². The number of benzene rings is 1. The average Bonchev–Trinajstić information content (AvgIpc) is 2.18. The molecule has 0 saturated carbocycles. The molecule has 0 bridgehead atoms. The molecule has 3 nitrogen and oxygen atoms in total. The Balaban J connectivity index is 2.57. The van der Waals surface area contributed by atoms with E-state index in [1.165, 1.54) is 0 Å². The zero-order valence-corrected chi connectivity index (χ0v) is 8.82. The normalized spacial score (nSPS) is 9.67. The van der Waals surface area contributed by atoms with Crippen molar-refractivity contribution >= 4 is 12.2 Å². The first kappa shape index (κ1) is 11.4. The van der Waals surface area contributed by atoms with Crippen molar-refractivity contribution in [2.75, 3.05) is 6.54 Å². The fourth-order valence-corrected chi connectivity index (χ4v) is 1.46. The van der Waals surface area contributed by atoms with E-state index in [1.54, 1.807) is 6.92 Å². The van der Waals surface area contributed by atoms with Gasteiger partial charge in [0.05, 0.1) is 0 Å². The summed E-state index contributed by atoms with van der Waals surface area (Å²) < 4.78 is 0. The molecule has 1 amide bonds. The van der Waals surface area contributed by atoms with Gasteiger partial charge in [-0.25, -0.2) is 0 Å². The van der Waals surface area contributed by atoms with Crippen molar-refractivity contribution in [1.29, 1.82) is 0 Å². The molecular formula is C12H15NO2. The molecule has 0 aromatic heterocycles. The van der Waals surface area contributed by atoms with Crippen molar-refractivity contribution in [2.24, 2.45) is 0 Å². The summed E-state index contributed by atoms with van der Waals surface area (Å²) in [6.07, 6.45) is 1.97. The van der Waals surface area contributed by atoms with E-state index in [0.29, 0.717) is 19.4 Å². The van der Waals surface area contributed by atoms with Gasteiger partial charge in [0.2, 0.25) is 6.41 Å². The van der Waals surface area contributed by atoms with Crippen LogP contribution in [0.25, 0.3) is 0 Å². The van der Waals surface area contributed by atoms with Gasteiger partial charge in [0.25, 0.3) is 0 Å². The predicted octanol–water partition coefficient (Wildman–Crippen LogP) is 1.11. The molecule has 80 valence electrons. The summed E-state index contributed by atoms with van der Waals surface area (Å²) >= 11 is 0. The Hall–Kier alpha value is -1.64. The Bertz CT molecular complexity index is 347. The number of ketones is 1. The number of rotatable bonds is 6. The fourth-order valence-electron chi connectivity index (χ4n) is 1.46. The smallest absolute Gasteiger partial charge is 0.207 e. The van der Waals surface area contributed by atoms with Gasteiger partial charge in [-0.3, -0.25) is 9.59 Å². The molecule has 1 N–H and O–H groups in total. The summed E-state index contributed by atoms with van der Waals surface area (Å²) in [7, 11) is 0. The zero-order valence-electron chi connectivity index (χ0n) is 8.82. The zero-order chi connectivity index (χ0) is 11.1. The van der Waals surface area contributed by atoms with E-state index >= 15 is 0 Å². The predicted molar refractivity (Wildman–Crippen MR) is 58.6 cm³/mol. The highest BCUT2D eigenvalue weighted by Gasteiger charge is 1.99. The van der Waals surface area contributed by atoms with Gasteiger partial charge in [-0.05, 0) is 24.5 Å². The third-order valence-corrected chi connectivity index (χ3v) is 2.09. The van der Waals surface area contributed by atoms with Crippen molar-refractivity contribution in [3.05, 3.63) is 35.4 Å². The summed E-state index contributed by atoms with van der Waals surface area (Å²) in [5.74, 6) is 0.165. The summed E-state index contributed by atoms with van der Waals surface area (Å²) in [5.41, 5.74) is 2.18. The molecule has 0 fully saturated rings. The molecule has 0 aliphatic rings. The fraction of sp³-hybridized carbons (Fsp3) is 0.333. The number of hydrogen-bond donors (Lipinski definition) is 1. The van der Waals surface area contributed by atoms with Gasteiger partial charge in [0.15, 0.2) is 0 Å². The van der Waals surface area contributed by atoms with Crippen LogP contribution in [-0.4, -0.2) is 18.7 Å². The minimum absolute atomic E-state index is 0.165. The Labute approximate surface area is 89.5 Å². The van der Waals surface area contributed by atoms with Crippen LogP contribution in [0, 0.1) is 0 Å². The highest BCUT2D eigenvalue weighted by molar-refractivity contribution is 5.78. The van der Waals surface area contributed by atoms with Gasteiger partial charge in [-0.15, -0.1) is 0 Å². The van der Waals surface area contributed by atoms with Crippen LogP contribution >= 0.6 is 0 Å². The first-order valence-corrected chi connectivity index (χ1v) is 4.96. The first-order chi connectivity index (χ1) is 7.22. The monoisotopic (exact) mass is 205 g/mol. The van der Waals surface area contributed by atoms with Crippen LogP contribution in [0.5, 0.6) is 0 Å². The highest BCUT2D eigenvalue weighted by atomic mass is 16.1. The largest absolute Gasteiger partial charge is 0.358 e. The molecule has 0 spiro atoms. The van der Waals surface area contributed by atoms with Gasteiger partial charge in [0.1, 0.15) is 5.78 Å². The molecular weight excluding hydrogens is 190 g/mol. The molecule has 1 rings (SSSR count). The van der Waals surface area contributed by atoms with E-state index in [2.05, 4.69) is 5.32 Å². The van der Waals surface area contributed by atoms with Crippen LogP contribution in [0.2, 0.25) is 0 Å². The highest BCUT2D eigenvalue weighted by Crippen LogP contribution is 2.06. The summed E-state index contributed by atoms with van der Waals surface area (Å²) in [6.45, 7) is 2.22. The maximum absolute atomic E-state index is 10.9. The van der Waals surface area contributed by atoms with E-state index in [9.17, 15) is 9.59 Å². The second-order valence-corrected chi connectivity index (χ2v) is 3.52. The first-order valence-electron chi connectivity index (χ1n) is 4.96. The standard InChI is InChI=1S/C12H15NO2/c1-10(15)7-12-4-2-3-11(8-12)5-6-13-9-14/h2-4,8-9H,5-7H2,1H3,(H,13,14). The van der Waals surface area contributed by atoms with Gasteiger partial charge >= 0.3 is 0 Å². The number of Topliss-reactive ketones (excluding diaryl/α,β-unsaturated/α-hetero) is 1. The van der Waals surface area contributed by atoms with Crippen LogP contribution < -0.4 is 5.32 Å². The van der Waals surface area contributed by atoms with Crippen LogP contribution in [0.1, 0.15) is 18.1 Å². The van der Waals surface area contributed by atoms with Crippen molar-refractivity contribution in [2.45, 2.75) is 19.8 Å². The van der Waals surface area contributed by atoms with Gasteiger partial charge in [-0.1, -0.05) is 24.3 Å². The minimum Gasteiger partial charge on any atom is -0.358 e. The minimum atomic E-state index is 0.165. The third-order valence-electron chi connectivity index (χ3n) is 2.09. The number of amides is 1. The maximum atomic E-state index is 10.9. The lowest BCUT2D eigenvalue weighted by Crippen LogP contribution is -2.14. The van der Waals surface area contributed by atoms with Gasteiger partial charge in [-0.2, -0.15) is 0 Å². The van der Waals surface area contributed by atoms with E-state index in [1.807, 2.05) is 24.3 Å². The number of nitrogens with one attached hydrogen (secondary N) is 1. The summed E-state index contributed by atoms with van der Waals surface area (Å²) in [6, 6.07) is 7.89. The summed E-state index contributed by atoms with van der Waals surface area (Å²) in [4.78, 5) is 21.0. The number of carbonyl (C=O) groups is 2.